The number of anilines is 1. The van der Waals surface area contributed by atoms with E-state index in [9.17, 15) is 9.59 Å². The number of ether oxygens (including phenoxy) is 1. The molecule has 5 aromatic rings. The lowest BCUT2D eigenvalue weighted by Gasteiger charge is -2.24. The Morgan fingerprint density at radius 2 is 1.97 bits per heavy atom. The Labute approximate surface area is 209 Å². The zero-order chi connectivity index (χ0) is 24.8. The van der Waals surface area contributed by atoms with Gasteiger partial charge in [0.05, 0.1) is 12.8 Å². The van der Waals surface area contributed by atoms with Crippen LogP contribution in [0, 0.1) is 0 Å². The van der Waals surface area contributed by atoms with Crippen molar-refractivity contribution in [3.63, 3.8) is 0 Å². The number of nitrogen functional groups attached to an aromatic ring is 1. The Bertz CT molecular complexity index is 1650. The van der Waals surface area contributed by atoms with Crippen LogP contribution in [0.15, 0.2) is 70.0 Å². The molecular weight excluding hydrogens is 476 g/mol. The van der Waals surface area contributed by atoms with Crippen molar-refractivity contribution in [1.82, 2.24) is 10.3 Å². The number of hydrogen-bond donors (Lipinski definition) is 2. The van der Waals surface area contributed by atoms with E-state index in [0.29, 0.717) is 27.9 Å². The van der Waals surface area contributed by atoms with E-state index in [4.69, 9.17) is 20.0 Å². The minimum atomic E-state index is -0.773. The van der Waals surface area contributed by atoms with E-state index in [2.05, 4.69) is 35.6 Å². The highest BCUT2D eigenvalue weighted by Gasteiger charge is 2.35. The van der Waals surface area contributed by atoms with Crippen LogP contribution in [0.1, 0.15) is 44.5 Å². The van der Waals surface area contributed by atoms with E-state index in [1.165, 1.54) is 21.6 Å². The van der Waals surface area contributed by atoms with Gasteiger partial charge in [-0.1, -0.05) is 30.3 Å². The minimum absolute atomic E-state index is 0.160. The van der Waals surface area contributed by atoms with Crippen LogP contribution in [0.4, 0.5) is 5.69 Å². The van der Waals surface area contributed by atoms with Gasteiger partial charge in [-0.25, -0.2) is 9.78 Å². The van der Waals surface area contributed by atoms with Crippen molar-refractivity contribution >= 4 is 33.0 Å². The fraction of sp³-hybridized carbons (Fsp3) is 0.185. The molecule has 1 aliphatic carbocycles. The van der Waals surface area contributed by atoms with Gasteiger partial charge in [-0.2, -0.15) is 0 Å². The van der Waals surface area contributed by atoms with Crippen LogP contribution in [0.2, 0.25) is 0 Å². The number of nitrogens with two attached hydrogens (primary N) is 1. The topological polar surface area (TPSA) is 115 Å². The number of hydrogen-bond acceptors (Lipinski definition) is 7. The van der Waals surface area contributed by atoms with Crippen LogP contribution in [0.5, 0.6) is 5.75 Å². The Morgan fingerprint density at radius 3 is 2.72 bits per heavy atom. The summed E-state index contributed by atoms with van der Waals surface area (Å²) in [6.07, 6.45) is 2.76. The van der Waals surface area contributed by atoms with E-state index in [1.807, 2.05) is 6.07 Å². The summed E-state index contributed by atoms with van der Waals surface area (Å²) in [6, 6.07) is 19.4. The standard InChI is InChI=1S/C27H22N4O4S/c1-34-19-10-8-18(9-11-19)31-23(27(33)35-30-31)24(32)25-22(28)20-14-17-13-16(15-5-3-2-4-6-15)7-12-21(17)29-26(20)36-25/h2-6,8-11,14,16H,7,12-13H2,1H3,(H2-,28,30,32,33)/p+1. The Hall–Kier alpha value is -4.24. The Kier molecular flexibility index (Phi) is 5.41. The SMILES string of the molecule is COc1ccc(-[n+]2[nH]oc(=O)c2C(=O)c2sc3nc4c(cc3c2N)CC(c2ccccc2)CC4)cc1. The predicted molar refractivity (Wildman–Crippen MR) is 136 cm³/mol. The maximum atomic E-state index is 13.6. The molecule has 6 rings (SSSR count). The number of thiophene rings is 1. The van der Waals surface area contributed by atoms with Crippen LogP contribution in [0.25, 0.3) is 15.9 Å². The number of benzene rings is 2. The lowest BCUT2D eigenvalue weighted by molar-refractivity contribution is -0.672. The van der Waals surface area contributed by atoms with Crippen LogP contribution < -0.4 is 20.8 Å². The van der Waals surface area contributed by atoms with Crippen LogP contribution >= 0.6 is 11.3 Å². The fourth-order valence-corrected chi connectivity index (χ4v) is 5.89. The fourth-order valence-electron chi connectivity index (χ4n) is 4.86. The number of carbonyl (C=O) groups is 1. The number of nitrogens with one attached hydrogen (secondary N) is 1. The number of H-pyrrole nitrogens is 1. The van der Waals surface area contributed by atoms with Crippen molar-refractivity contribution in [1.29, 1.82) is 0 Å². The molecule has 0 aliphatic heterocycles. The predicted octanol–water partition coefficient (Wildman–Crippen LogP) is 3.95. The summed E-state index contributed by atoms with van der Waals surface area (Å²) in [5, 5.41) is 3.25. The Balaban J connectivity index is 1.38. The van der Waals surface area contributed by atoms with Gasteiger partial charge in [-0.15, -0.1) is 11.3 Å². The summed E-state index contributed by atoms with van der Waals surface area (Å²) in [5.74, 6) is 0.560. The first-order chi connectivity index (χ1) is 17.5. The second-order valence-electron chi connectivity index (χ2n) is 8.83. The average Bonchev–Trinajstić information content (AvgIpc) is 3.46. The summed E-state index contributed by atoms with van der Waals surface area (Å²) < 4.78 is 11.5. The normalized spacial score (nSPS) is 15.1. The number of ketones is 1. The second-order valence-corrected chi connectivity index (χ2v) is 9.83. The van der Waals surface area contributed by atoms with Crippen molar-refractivity contribution in [2.45, 2.75) is 25.2 Å². The molecule has 0 saturated carbocycles. The molecule has 0 bridgehead atoms. The molecule has 1 unspecified atom stereocenters. The molecule has 1 atom stereocenters. The zero-order valence-corrected chi connectivity index (χ0v) is 20.3. The largest absolute Gasteiger partial charge is 0.497 e. The number of nitrogens with zero attached hydrogens (tertiary/aromatic N) is 2. The third-order valence-corrected chi connectivity index (χ3v) is 7.87. The van der Waals surface area contributed by atoms with Crippen molar-refractivity contribution in [2.24, 2.45) is 0 Å². The average molecular weight is 500 g/mol. The number of aromatic amines is 1. The van der Waals surface area contributed by atoms with Gasteiger partial charge < -0.3 is 10.5 Å². The van der Waals surface area contributed by atoms with E-state index in [0.717, 1.165) is 35.9 Å². The van der Waals surface area contributed by atoms with Gasteiger partial charge >= 0.3 is 11.3 Å². The number of pyridine rings is 1. The van der Waals surface area contributed by atoms with Gasteiger partial charge in [-0.05, 0) is 64.5 Å². The second kappa shape index (κ2) is 8.76. The molecule has 0 amide bonds. The maximum Gasteiger partial charge on any atom is 0.439 e. The van der Waals surface area contributed by atoms with Crippen molar-refractivity contribution in [3.8, 4) is 11.4 Å². The number of aryl methyl sites for hydroxylation is 1. The molecule has 9 heteroatoms. The molecule has 3 aromatic heterocycles. The lowest BCUT2D eigenvalue weighted by Crippen LogP contribution is -2.41. The molecular formula is C27H23N4O4S+. The molecule has 0 saturated heterocycles. The number of carbonyl (C=O) groups excluding carboxylic acids is 1. The summed E-state index contributed by atoms with van der Waals surface area (Å²) in [5.41, 5.74) is 9.95. The minimum Gasteiger partial charge on any atom is -0.497 e. The molecule has 0 spiro atoms. The number of rotatable bonds is 5. The van der Waals surface area contributed by atoms with Gasteiger partial charge in [0, 0.05) is 23.2 Å². The van der Waals surface area contributed by atoms with E-state index >= 15 is 0 Å². The molecule has 0 radical (unpaired) electrons. The van der Waals surface area contributed by atoms with Crippen LogP contribution in [-0.2, 0) is 12.8 Å². The van der Waals surface area contributed by atoms with Crippen molar-refractivity contribution in [3.05, 3.63) is 98.5 Å². The molecule has 8 nitrogen and oxygen atoms in total. The van der Waals surface area contributed by atoms with Gasteiger partial charge in [-0.3, -0.25) is 9.32 Å². The maximum absolute atomic E-state index is 13.6. The molecule has 3 heterocycles. The summed E-state index contributed by atoms with van der Waals surface area (Å²) in [7, 11) is 1.56. The molecule has 3 N–H and O–H groups in total. The first kappa shape index (κ1) is 22.2. The van der Waals surface area contributed by atoms with Gasteiger partial charge in [0.2, 0.25) is 5.69 Å². The molecule has 180 valence electrons. The summed E-state index contributed by atoms with van der Waals surface area (Å²) >= 11 is 1.21. The van der Waals surface area contributed by atoms with Crippen molar-refractivity contribution < 1.29 is 18.7 Å². The van der Waals surface area contributed by atoms with Gasteiger partial charge in [0.1, 0.15) is 15.5 Å². The third-order valence-electron chi connectivity index (χ3n) is 6.76. The number of aromatic nitrogens is 3. The molecule has 2 aromatic carbocycles. The molecule has 1 aliphatic rings. The quantitative estimate of drug-likeness (QED) is 0.280. The Morgan fingerprint density at radius 1 is 1.19 bits per heavy atom. The monoisotopic (exact) mass is 499 g/mol. The molecule has 36 heavy (non-hydrogen) atoms. The first-order valence-electron chi connectivity index (χ1n) is 11.6. The van der Waals surface area contributed by atoms with Gasteiger partial charge in [0.25, 0.3) is 5.78 Å². The lowest BCUT2D eigenvalue weighted by atomic mass is 9.82. The zero-order valence-electron chi connectivity index (χ0n) is 19.5. The number of fused-ring (bicyclic) bond motifs is 2. The highest BCUT2D eigenvalue weighted by atomic mass is 32.1. The first-order valence-corrected chi connectivity index (χ1v) is 12.4. The smallest absolute Gasteiger partial charge is 0.439 e. The van der Waals surface area contributed by atoms with Crippen LogP contribution in [0.3, 0.4) is 0 Å². The van der Waals surface area contributed by atoms with Crippen molar-refractivity contribution in [2.75, 3.05) is 12.8 Å². The highest BCUT2D eigenvalue weighted by Crippen LogP contribution is 2.38. The summed E-state index contributed by atoms with van der Waals surface area (Å²) in [6.45, 7) is 0. The van der Waals surface area contributed by atoms with E-state index < -0.39 is 11.4 Å². The summed E-state index contributed by atoms with van der Waals surface area (Å²) in [4.78, 5) is 32.0. The van der Waals surface area contributed by atoms with E-state index in [1.54, 1.807) is 31.4 Å². The highest BCUT2D eigenvalue weighted by molar-refractivity contribution is 7.21. The molecule has 0 fully saturated rings. The van der Waals surface area contributed by atoms with Crippen LogP contribution in [-0.4, -0.2) is 23.1 Å². The third kappa shape index (κ3) is 3.68. The van der Waals surface area contributed by atoms with Gasteiger partial charge in [0.15, 0.2) is 0 Å². The number of methoxy groups -OCH3 is 1. The van der Waals surface area contributed by atoms with E-state index in [-0.39, 0.29) is 10.6 Å².